The lowest BCUT2D eigenvalue weighted by Crippen LogP contribution is -2.44. The van der Waals surface area contributed by atoms with E-state index in [2.05, 4.69) is 23.2 Å². The number of nitriles is 3. The minimum atomic E-state index is -1.61. The summed E-state index contributed by atoms with van der Waals surface area (Å²) in [4.78, 5) is 4.09. The molecule has 0 amide bonds. The first-order valence-electron chi connectivity index (χ1n) is 7.10. The van der Waals surface area contributed by atoms with Gasteiger partial charge < -0.3 is 10.5 Å². The van der Waals surface area contributed by atoms with E-state index in [0.717, 1.165) is 11.1 Å². The number of pyridine rings is 1. The zero-order valence-corrected chi connectivity index (χ0v) is 12.2. The molecule has 0 aromatic carbocycles. The summed E-state index contributed by atoms with van der Waals surface area (Å²) in [6.45, 7) is 0.713. The van der Waals surface area contributed by atoms with Gasteiger partial charge in [-0.1, -0.05) is 12.1 Å². The summed E-state index contributed by atoms with van der Waals surface area (Å²) in [5, 5.41) is 29.0. The van der Waals surface area contributed by atoms with Crippen molar-refractivity contribution in [2.45, 2.75) is 5.92 Å². The lowest BCUT2D eigenvalue weighted by Gasteiger charge is -2.42. The highest BCUT2D eigenvalue weighted by Crippen LogP contribution is 2.53. The maximum Gasteiger partial charge on any atom is 0.191 e. The normalized spacial score (nSPS) is 25.3. The number of hydrogen-bond donors (Lipinski definition) is 1. The Morgan fingerprint density at radius 2 is 2.09 bits per heavy atom. The number of hydrogen-bond acceptors (Lipinski definition) is 6. The molecule has 0 spiro atoms. The molecule has 6 heteroatoms. The van der Waals surface area contributed by atoms with E-state index in [0.29, 0.717) is 13.2 Å². The quantitative estimate of drug-likeness (QED) is 0.839. The second kappa shape index (κ2) is 5.57. The van der Waals surface area contributed by atoms with Crippen molar-refractivity contribution in [3.8, 4) is 18.2 Å². The van der Waals surface area contributed by atoms with Crippen molar-refractivity contribution in [2.24, 2.45) is 17.1 Å². The average Bonchev–Trinajstić information content (AvgIpc) is 2.61. The third-order valence-corrected chi connectivity index (χ3v) is 4.48. The lowest BCUT2D eigenvalue weighted by molar-refractivity contribution is 0.0978. The standard InChI is InChI=1S/C17H13N5O/c18-6-13-12-3-5-23-8-14(12)15(11-2-1-4-22-7-11)17(9-19,10-20)16(13)21/h1-4,7,14-15H,5,8,21H2/t14-,15-/m0/s1. The van der Waals surface area contributed by atoms with Crippen LogP contribution in [0.1, 0.15) is 11.5 Å². The Hall–Kier alpha value is -3.14. The first kappa shape index (κ1) is 14.8. The molecule has 0 unspecified atom stereocenters. The van der Waals surface area contributed by atoms with Crippen molar-refractivity contribution in [3.05, 3.63) is 53.0 Å². The van der Waals surface area contributed by atoms with Crippen molar-refractivity contribution >= 4 is 0 Å². The molecule has 1 aromatic rings. The fourth-order valence-electron chi connectivity index (χ4n) is 3.42. The number of nitrogens with two attached hydrogens (primary N) is 1. The highest BCUT2D eigenvalue weighted by Gasteiger charge is 2.54. The SMILES string of the molecule is N#CC1=C(N)C(C#N)(C#N)[C@@H](c2cccnc2)[C@H]2COCC=C12. The van der Waals surface area contributed by atoms with Gasteiger partial charge in [0.15, 0.2) is 5.41 Å². The van der Waals surface area contributed by atoms with Gasteiger partial charge in [0, 0.05) is 24.2 Å². The summed E-state index contributed by atoms with van der Waals surface area (Å²) in [5.41, 5.74) is 6.25. The van der Waals surface area contributed by atoms with Gasteiger partial charge in [-0.2, -0.15) is 15.8 Å². The molecule has 0 bridgehead atoms. The predicted octanol–water partition coefficient (Wildman–Crippen LogP) is 1.52. The molecule has 112 valence electrons. The third-order valence-electron chi connectivity index (χ3n) is 4.48. The molecule has 6 nitrogen and oxygen atoms in total. The second-order valence-electron chi connectivity index (χ2n) is 5.50. The van der Waals surface area contributed by atoms with E-state index < -0.39 is 11.3 Å². The molecular weight excluding hydrogens is 290 g/mol. The highest BCUT2D eigenvalue weighted by molar-refractivity contribution is 5.59. The van der Waals surface area contributed by atoms with Crippen molar-refractivity contribution in [2.75, 3.05) is 13.2 Å². The largest absolute Gasteiger partial charge is 0.399 e. The van der Waals surface area contributed by atoms with Gasteiger partial charge in [0.05, 0.1) is 36.6 Å². The van der Waals surface area contributed by atoms with Gasteiger partial charge >= 0.3 is 0 Å². The topological polar surface area (TPSA) is 120 Å². The number of rotatable bonds is 1. The van der Waals surface area contributed by atoms with Crippen LogP contribution in [0.2, 0.25) is 0 Å². The predicted molar refractivity (Wildman–Crippen MR) is 79.9 cm³/mol. The van der Waals surface area contributed by atoms with Gasteiger partial charge in [-0.3, -0.25) is 4.98 Å². The molecule has 23 heavy (non-hydrogen) atoms. The monoisotopic (exact) mass is 303 g/mol. The minimum absolute atomic E-state index is 0.0169. The summed E-state index contributed by atoms with van der Waals surface area (Å²) in [5.74, 6) is -0.816. The smallest absolute Gasteiger partial charge is 0.191 e. The van der Waals surface area contributed by atoms with Crippen molar-refractivity contribution < 1.29 is 4.74 Å². The van der Waals surface area contributed by atoms with Gasteiger partial charge in [0.2, 0.25) is 0 Å². The molecule has 3 rings (SSSR count). The minimum Gasteiger partial charge on any atom is -0.399 e. The average molecular weight is 303 g/mol. The van der Waals surface area contributed by atoms with E-state index in [-0.39, 0.29) is 17.2 Å². The summed E-state index contributed by atoms with van der Waals surface area (Å²) in [6, 6.07) is 9.74. The van der Waals surface area contributed by atoms with E-state index in [1.807, 2.05) is 12.1 Å². The molecule has 0 fully saturated rings. The molecular formula is C17H13N5O. The van der Waals surface area contributed by atoms with E-state index in [1.54, 1.807) is 18.5 Å². The molecule has 0 radical (unpaired) electrons. The number of aromatic nitrogens is 1. The molecule has 0 saturated carbocycles. The molecule has 1 aliphatic heterocycles. The fourth-order valence-corrected chi connectivity index (χ4v) is 3.42. The van der Waals surface area contributed by atoms with Crippen molar-refractivity contribution in [1.29, 1.82) is 15.8 Å². The number of ether oxygens (including phenoxy) is 1. The number of fused-ring (bicyclic) bond motifs is 1. The van der Waals surface area contributed by atoms with Crippen LogP contribution in [0.4, 0.5) is 0 Å². The van der Waals surface area contributed by atoms with Crippen molar-refractivity contribution in [3.63, 3.8) is 0 Å². The molecule has 2 aliphatic rings. The summed E-state index contributed by atoms with van der Waals surface area (Å²) >= 11 is 0. The first-order chi connectivity index (χ1) is 11.2. The molecule has 2 N–H and O–H groups in total. The summed E-state index contributed by atoms with van der Waals surface area (Å²) in [6.07, 6.45) is 5.06. The van der Waals surface area contributed by atoms with Crippen LogP contribution in [0.3, 0.4) is 0 Å². The second-order valence-corrected chi connectivity index (χ2v) is 5.50. The summed E-state index contributed by atoms with van der Waals surface area (Å²) < 4.78 is 5.51. The van der Waals surface area contributed by atoms with Gasteiger partial charge in [-0.05, 0) is 17.2 Å². The molecule has 1 aliphatic carbocycles. The van der Waals surface area contributed by atoms with Crippen LogP contribution in [0.15, 0.2) is 47.4 Å². The first-order valence-corrected chi connectivity index (χ1v) is 7.10. The maximum atomic E-state index is 9.77. The molecule has 0 saturated heterocycles. The van der Waals surface area contributed by atoms with E-state index in [1.165, 1.54) is 0 Å². The van der Waals surface area contributed by atoms with E-state index in [9.17, 15) is 15.8 Å². The highest BCUT2D eigenvalue weighted by atomic mass is 16.5. The van der Waals surface area contributed by atoms with E-state index >= 15 is 0 Å². The Kier molecular flexibility index (Phi) is 3.58. The van der Waals surface area contributed by atoms with Crippen LogP contribution in [-0.4, -0.2) is 18.2 Å². The zero-order chi connectivity index (χ0) is 16.4. The Bertz CT molecular complexity index is 805. The Labute approximate surface area is 133 Å². The van der Waals surface area contributed by atoms with Gasteiger partial charge in [0.25, 0.3) is 0 Å². The van der Waals surface area contributed by atoms with Gasteiger partial charge in [-0.15, -0.1) is 0 Å². The van der Waals surface area contributed by atoms with Crippen LogP contribution in [0.5, 0.6) is 0 Å². The Morgan fingerprint density at radius 3 is 2.70 bits per heavy atom. The molecule has 2 atom stereocenters. The van der Waals surface area contributed by atoms with Gasteiger partial charge in [0.1, 0.15) is 6.07 Å². The molecule has 2 heterocycles. The Balaban J connectivity index is 2.33. The third kappa shape index (κ3) is 1.99. The van der Waals surface area contributed by atoms with Crippen molar-refractivity contribution in [1.82, 2.24) is 4.98 Å². The van der Waals surface area contributed by atoms with Crippen LogP contribution in [0, 0.1) is 45.3 Å². The Morgan fingerprint density at radius 1 is 1.30 bits per heavy atom. The number of nitrogens with zero attached hydrogens (tertiary/aromatic N) is 4. The van der Waals surface area contributed by atoms with Gasteiger partial charge in [-0.25, -0.2) is 0 Å². The van der Waals surface area contributed by atoms with Crippen LogP contribution >= 0.6 is 0 Å². The van der Waals surface area contributed by atoms with Crippen LogP contribution in [-0.2, 0) is 4.74 Å². The molecule has 1 aromatic heterocycles. The van der Waals surface area contributed by atoms with Crippen LogP contribution in [0.25, 0.3) is 0 Å². The zero-order valence-electron chi connectivity index (χ0n) is 12.2. The maximum absolute atomic E-state index is 9.77. The van der Waals surface area contributed by atoms with Crippen LogP contribution < -0.4 is 5.73 Å². The lowest BCUT2D eigenvalue weighted by atomic mass is 9.59. The summed E-state index contributed by atoms with van der Waals surface area (Å²) in [7, 11) is 0. The fraction of sp³-hybridized carbons (Fsp3) is 0.294. The number of allylic oxidation sites excluding steroid dienone is 2. The van der Waals surface area contributed by atoms with E-state index in [4.69, 9.17) is 10.5 Å².